The number of carbonyl (C=O) groups is 2. The van der Waals surface area contributed by atoms with Crippen molar-refractivity contribution in [3.05, 3.63) is 70.8 Å². The van der Waals surface area contributed by atoms with Crippen LogP contribution >= 0.6 is 0 Å². The summed E-state index contributed by atoms with van der Waals surface area (Å²) in [6.07, 6.45) is 3.99. The maximum absolute atomic E-state index is 13.5. The fourth-order valence-corrected chi connectivity index (χ4v) is 4.36. The average molecular weight is 461 g/mol. The van der Waals surface area contributed by atoms with Crippen molar-refractivity contribution in [3.8, 4) is 6.07 Å². The lowest BCUT2D eigenvalue weighted by Gasteiger charge is -2.37. The van der Waals surface area contributed by atoms with Crippen LogP contribution in [-0.2, 0) is 22.3 Å². The van der Waals surface area contributed by atoms with Crippen molar-refractivity contribution in [1.82, 2.24) is 10.6 Å². The maximum Gasteiger partial charge on any atom is 0.252 e. The van der Waals surface area contributed by atoms with E-state index in [0.717, 1.165) is 36.0 Å². The Labute approximate surface area is 202 Å². The summed E-state index contributed by atoms with van der Waals surface area (Å²) in [7, 11) is 0. The summed E-state index contributed by atoms with van der Waals surface area (Å²) >= 11 is 0. The number of nitrogens with zero attached hydrogens (tertiary/aromatic N) is 1. The fraction of sp³-hybridized carbons (Fsp3) is 0.464. The van der Waals surface area contributed by atoms with Gasteiger partial charge in [-0.3, -0.25) is 9.59 Å². The Balaban J connectivity index is 1.90. The quantitative estimate of drug-likeness (QED) is 0.568. The van der Waals surface area contributed by atoms with E-state index in [9.17, 15) is 14.9 Å². The molecule has 0 aromatic heterocycles. The molecule has 1 fully saturated rings. The molecular formula is C28H36N4O2. The highest BCUT2D eigenvalue weighted by Gasteiger charge is 2.41. The van der Waals surface area contributed by atoms with Crippen molar-refractivity contribution in [3.63, 3.8) is 0 Å². The van der Waals surface area contributed by atoms with E-state index in [1.165, 1.54) is 0 Å². The monoisotopic (exact) mass is 460 g/mol. The number of amides is 2. The van der Waals surface area contributed by atoms with Crippen LogP contribution in [0.4, 0.5) is 0 Å². The molecular weight excluding hydrogens is 424 g/mol. The third-order valence-electron chi connectivity index (χ3n) is 6.73. The molecule has 3 rings (SSSR count). The van der Waals surface area contributed by atoms with E-state index in [4.69, 9.17) is 5.73 Å². The van der Waals surface area contributed by atoms with Crippen LogP contribution in [0.3, 0.4) is 0 Å². The summed E-state index contributed by atoms with van der Waals surface area (Å²) in [5.41, 5.74) is 6.84. The van der Waals surface area contributed by atoms with Crippen molar-refractivity contribution in [1.29, 1.82) is 5.26 Å². The number of hydrogen-bond acceptors (Lipinski definition) is 4. The Hall–Kier alpha value is -3.17. The van der Waals surface area contributed by atoms with Crippen molar-refractivity contribution < 1.29 is 9.59 Å². The lowest BCUT2D eigenvalue weighted by Crippen LogP contribution is -2.59. The molecule has 0 bridgehead atoms. The average Bonchev–Trinajstić information content (AvgIpc) is 2.82. The van der Waals surface area contributed by atoms with Gasteiger partial charge in [0.15, 0.2) is 0 Å². The zero-order valence-electron chi connectivity index (χ0n) is 20.7. The van der Waals surface area contributed by atoms with Gasteiger partial charge in [-0.15, -0.1) is 0 Å². The summed E-state index contributed by atoms with van der Waals surface area (Å²) in [6, 6.07) is 17.4. The molecule has 6 nitrogen and oxygen atoms in total. The Morgan fingerprint density at radius 2 is 1.62 bits per heavy atom. The first-order valence-corrected chi connectivity index (χ1v) is 12.0. The van der Waals surface area contributed by atoms with Gasteiger partial charge in [0.05, 0.1) is 11.5 Å². The topological polar surface area (TPSA) is 108 Å². The molecule has 0 saturated heterocycles. The van der Waals surface area contributed by atoms with Crippen LogP contribution in [0.25, 0.3) is 0 Å². The van der Waals surface area contributed by atoms with Crippen LogP contribution in [0, 0.1) is 11.3 Å². The molecule has 1 saturated carbocycles. The second-order valence-corrected chi connectivity index (χ2v) is 10.5. The highest BCUT2D eigenvalue weighted by atomic mass is 16.2. The second kappa shape index (κ2) is 9.99. The standard InChI is InChI=1S/C28H36N4O2/c1-26(2,19-29)22-15-21(16-23(17-22)27(3,4)30)24(33)32-28(13-9-6-10-14-28)25(34)31-18-20-11-7-5-8-12-20/h5,7-8,11-12,15-17H,6,9-10,13-14,18,30H2,1-4H3,(H,31,34)(H,32,33). The molecule has 2 aromatic carbocycles. The summed E-state index contributed by atoms with van der Waals surface area (Å²) in [5.74, 6) is -0.477. The third kappa shape index (κ3) is 5.84. The summed E-state index contributed by atoms with van der Waals surface area (Å²) < 4.78 is 0. The molecule has 2 amide bonds. The number of rotatable bonds is 7. The SMILES string of the molecule is CC(C)(N)c1cc(C(=O)NC2(C(=O)NCc3ccccc3)CCCCC2)cc(C(C)(C)C#N)c1. The lowest BCUT2D eigenvalue weighted by atomic mass is 9.79. The van der Waals surface area contributed by atoms with E-state index < -0.39 is 16.5 Å². The van der Waals surface area contributed by atoms with Gasteiger partial charge in [0.2, 0.25) is 5.91 Å². The van der Waals surface area contributed by atoms with Gasteiger partial charge < -0.3 is 16.4 Å². The molecule has 34 heavy (non-hydrogen) atoms. The molecule has 0 radical (unpaired) electrons. The van der Waals surface area contributed by atoms with Gasteiger partial charge in [-0.1, -0.05) is 55.7 Å². The van der Waals surface area contributed by atoms with E-state index in [2.05, 4.69) is 16.7 Å². The largest absolute Gasteiger partial charge is 0.350 e. The first kappa shape index (κ1) is 25.5. The van der Waals surface area contributed by atoms with E-state index in [0.29, 0.717) is 24.9 Å². The normalized spacial score (nSPS) is 15.8. The molecule has 0 spiro atoms. The van der Waals surface area contributed by atoms with Gasteiger partial charge in [0.1, 0.15) is 5.54 Å². The van der Waals surface area contributed by atoms with E-state index in [1.807, 2.05) is 64.1 Å². The smallest absolute Gasteiger partial charge is 0.252 e. The highest BCUT2D eigenvalue weighted by Crippen LogP contribution is 2.31. The zero-order chi connectivity index (χ0) is 25.0. The van der Waals surface area contributed by atoms with Crippen molar-refractivity contribution in [2.45, 2.75) is 82.8 Å². The molecule has 0 heterocycles. The minimum atomic E-state index is -0.955. The molecule has 6 heteroatoms. The predicted molar refractivity (Wildman–Crippen MR) is 134 cm³/mol. The number of hydrogen-bond donors (Lipinski definition) is 3. The summed E-state index contributed by atoms with van der Waals surface area (Å²) in [4.78, 5) is 26.9. The lowest BCUT2D eigenvalue weighted by molar-refractivity contribution is -0.128. The van der Waals surface area contributed by atoms with Gasteiger partial charge >= 0.3 is 0 Å². The summed E-state index contributed by atoms with van der Waals surface area (Å²) in [5, 5.41) is 15.8. The second-order valence-electron chi connectivity index (χ2n) is 10.5. The van der Waals surface area contributed by atoms with Crippen LogP contribution in [0.5, 0.6) is 0 Å². The van der Waals surface area contributed by atoms with Crippen LogP contribution < -0.4 is 16.4 Å². The van der Waals surface area contributed by atoms with Gasteiger partial charge in [-0.25, -0.2) is 0 Å². The predicted octanol–water partition coefficient (Wildman–Crippen LogP) is 4.43. The third-order valence-corrected chi connectivity index (χ3v) is 6.73. The van der Waals surface area contributed by atoms with Crippen LogP contribution in [0.1, 0.15) is 86.8 Å². The molecule has 4 N–H and O–H groups in total. The van der Waals surface area contributed by atoms with E-state index in [-0.39, 0.29) is 11.8 Å². The highest BCUT2D eigenvalue weighted by molar-refractivity contribution is 5.99. The minimum absolute atomic E-state index is 0.155. The number of nitrogens with two attached hydrogens (primary N) is 1. The first-order valence-electron chi connectivity index (χ1n) is 12.0. The fourth-order valence-electron chi connectivity index (χ4n) is 4.36. The van der Waals surface area contributed by atoms with Gasteiger partial charge in [-0.2, -0.15) is 5.26 Å². The number of carbonyl (C=O) groups excluding carboxylic acids is 2. The zero-order valence-corrected chi connectivity index (χ0v) is 20.7. The molecule has 0 unspecified atom stereocenters. The number of nitrogens with one attached hydrogen (secondary N) is 2. The number of nitriles is 1. The van der Waals surface area contributed by atoms with Gasteiger partial charge in [-0.05, 0) is 69.4 Å². The van der Waals surface area contributed by atoms with Gasteiger partial charge in [0, 0.05) is 17.6 Å². The van der Waals surface area contributed by atoms with Crippen LogP contribution in [0.2, 0.25) is 0 Å². The van der Waals surface area contributed by atoms with Crippen molar-refractivity contribution >= 4 is 11.8 Å². The van der Waals surface area contributed by atoms with Crippen LogP contribution in [-0.4, -0.2) is 17.4 Å². The Morgan fingerprint density at radius 1 is 1.00 bits per heavy atom. The van der Waals surface area contributed by atoms with E-state index >= 15 is 0 Å². The van der Waals surface area contributed by atoms with Crippen molar-refractivity contribution in [2.75, 3.05) is 0 Å². The maximum atomic E-state index is 13.5. The molecule has 1 aliphatic rings. The first-order chi connectivity index (χ1) is 16.0. The molecule has 1 aliphatic carbocycles. The molecule has 0 atom stereocenters. The summed E-state index contributed by atoms with van der Waals surface area (Å²) in [6.45, 7) is 7.78. The Kier molecular flexibility index (Phi) is 7.48. The Morgan fingerprint density at radius 3 is 2.21 bits per heavy atom. The van der Waals surface area contributed by atoms with E-state index in [1.54, 1.807) is 12.1 Å². The van der Waals surface area contributed by atoms with Crippen LogP contribution in [0.15, 0.2) is 48.5 Å². The molecule has 2 aromatic rings. The minimum Gasteiger partial charge on any atom is -0.350 e. The Bertz CT molecular complexity index is 1070. The molecule has 0 aliphatic heterocycles. The number of benzene rings is 2. The molecule has 180 valence electrons. The van der Waals surface area contributed by atoms with Gasteiger partial charge in [0.25, 0.3) is 5.91 Å². The van der Waals surface area contributed by atoms with Crippen molar-refractivity contribution in [2.24, 2.45) is 5.73 Å².